The first kappa shape index (κ1) is 22.8. The molecule has 0 saturated carbocycles. The Morgan fingerprint density at radius 3 is 1.29 bits per heavy atom. The van der Waals surface area contributed by atoms with E-state index in [1.165, 1.54) is 0 Å². The van der Waals surface area contributed by atoms with Gasteiger partial charge in [-0.2, -0.15) is 0 Å². The van der Waals surface area contributed by atoms with Crippen LogP contribution in [0.1, 0.15) is 13.8 Å². The molecule has 0 radical (unpaired) electrons. The predicted molar refractivity (Wildman–Crippen MR) is 47.0 cm³/mol. The molecule has 0 aliphatic carbocycles. The molecule has 0 aromatic heterocycles. The fraction of sp³-hybridized carbons (Fsp3) is 1.00. The van der Waals surface area contributed by atoms with Gasteiger partial charge in [-0.15, -0.1) is 29.4 Å². The fourth-order valence-electron chi connectivity index (χ4n) is 0. The third-order valence-electron chi connectivity index (χ3n) is 0. The van der Waals surface area contributed by atoms with E-state index in [1.807, 2.05) is 21.7 Å². The molecule has 0 saturated heterocycles. The van der Waals surface area contributed by atoms with Crippen molar-refractivity contribution < 1.29 is 0 Å². The van der Waals surface area contributed by atoms with Crippen molar-refractivity contribution in [1.29, 1.82) is 0 Å². The minimum Gasteiger partial charge on any atom is -0.147 e. The van der Waals surface area contributed by atoms with Crippen LogP contribution in [0.3, 0.4) is 0 Å². The van der Waals surface area contributed by atoms with Crippen LogP contribution in [0.25, 0.3) is 0 Å². The van der Waals surface area contributed by atoms with E-state index in [1.54, 1.807) is 0 Å². The van der Waals surface area contributed by atoms with Gasteiger partial charge < -0.3 is 0 Å². The molecule has 0 unspecified atom stereocenters. The van der Waals surface area contributed by atoms with E-state index < -0.39 is 0 Å². The monoisotopic (exact) mass is 209 g/mol. The second-order valence-electron chi connectivity index (χ2n) is 1.39. The Morgan fingerprint density at radius 1 is 1.29 bits per heavy atom. The van der Waals surface area contributed by atoms with Crippen molar-refractivity contribution in [3.05, 3.63) is 0 Å². The summed E-state index contributed by atoms with van der Waals surface area (Å²) in [5, 5.41) is 0. The molecule has 0 N–H and O–H groups in total. The number of hydrogen-bond acceptors (Lipinski definition) is 0. The first-order valence-electron chi connectivity index (χ1n) is 1.56. The van der Waals surface area contributed by atoms with Crippen molar-refractivity contribution in [3.63, 3.8) is 0 Å². The Bertz CT molecular complexity index is 17.7. The van der Waals surface area contributed by atoms with Gasteiger partial charge in [0.25, 0.3) is 0 Å². The van der Waals surface area contributed by atoms with Gasteiger partial charge in [-0.05, 0) is 0 Å². The Labute approximate surface area is 91.0 Å². The standard InChI is InChI=1S/C3H7.BrH.ClH.2Mg.2H/c1-3-2;;;;;;/h3H,1-2H3;2*1H;;;;/q;;;;+1;;. The SMILES string of the molecule is Br.C[CH](C)[Mg+].Cl.[MgH2]. The van der Waals surface area contributed by atoms with Crippen LogP contribution < -0.4 is 0 Å². The summed E-state index contributed by atoms with van der Waals surface area (Å²) in [5.74, 6) is 0. The zero-order chi connectivity index (χ0) is 3.58. The second-order valence-corrected chi connectivity index (χ2v) is 3.03. The van der Waals surface area contributed by atoms with Crippen LogP contribution >= 0.6 is 29.4 Å². The first-order valence-corrected chi connectivity index (χ1v) is 2.38. The minimum atomic E-state index is 0. The Morgan fingerprint density at radius 2 is 1.29 bits per heavy atom. The summed E-state index contributed by atoms with van der Waals surface area (Å²) in [4.78, 5) is 0. The van der Waals surface area contributed by atoms with Gasteiger partial charge >= 0.3 is 62.7 Å². The quantitative estimate of drug-likeness (QED) is 0.526. The second kappa shape index (κ2) is 15.7. The average Bonchev–Trinajstić information content (AvgIpc) is 0.811. The van der Waals surface area contributed by atoms with Gasteiger partial charge in [0.1, 0.15) is 0 Å². The maximum Gasteiger partial charge on any atom is 0.316 e. The molecule has 0 bridgehead atoms. The summed E-state index contributed by atoms with van der Waals surface area (Å²) in [5.41, 5.74) is 0. The smallest absolute Gasteiger partial charge is 0.147 e. The van der Waals surface area contributed by atoms with Crippen molar-refractivity contribution in [2.75, 3.05) is 0 Å². The zero-order valence-corrected chi connectivity index (χ0v) is 8.04. The van der Waals surface area contributed by atoms with Gasteiger partial charge in [-0.25, -0.2) is 0 Å². The Balaban J connectivity index is -0.0000000150. The molecule has 0 rings (SSSR count). The zero-order valence-electron chi connectivity index (χ0n) is 4.10. The maximum atomic E-state index is 2.18. The molecule has 0 fully saturated rings. The van der Waals surface area contributed by atoms with E-state index in [4.69, 9.17) is 0 Å². The van der Waals surface area contributed by atoms with Gasteiger partial charge in [-0.3, -0.25) is 0 Å². The molecule has 0 amide bonds. The summed E-state index contributed by atoms with van der Waals surface area (Å²) in [7, 11) is 0. The molecule has 0 aliphatic rings. The summed E-state index contributed by atoms with van der Waals surface area (Å²) in [6, 6.07) is 0. The van der Waals surface area contributed by atoms with Crippen LogP contribution in [-0.2, 0) is 0 Å². The fourth-order valence-corrected chi connectivity index (χ4v) is 0. The molecule has 0 aromatic rings. The average molecular weight is 211 g/mol. The van der Waals surface area contributed by atoms with E-state index in [0.29, 0.717) is 0 Å². The molecule has 0 spiro atoms. The molecule has 7 heavy (non-hydrogen) atoms. The molecular formula is C3H11BrClMg2+. The van der Waals surface area contributed by atoms with Crippen molar-refractivity contribution in [2.24, 2.45) is 0 Å². The summed E-state index contributed by atoms with van der Waals surface area (Å²) in [6.45, 7) is 4.36. The molecule has 0 aromatic carbocycles. The molecule has 0 atom stereocenters. The third kappa shape index (κ3) is 62.2. The first-order chi connectivity index (χ1) is 1.73. The van der Waals surface area contributed by atoms with Crippen molar-refractivity contribution >= 4 is 74.2 Å². The van der Waals surface area contributed by atoms with Gasteiger partial charge in [-0.1, -0.05) is 0 Å². The van der Waals surface area contributed by atoms with Gasteiger partial charge in [0, 0.05) is 0 Å². The molecule has 0 aliphatic heterocycles. The van der Waals surface area contributed by atoms with E-state index in [2.05, 4.69) is 13.8 Å². The molecule has 4 heteroatoms. The summed E-state index contributed by atoms with van der Waals surface area (Å²) >= 11 is 2.00. The van der Waals surface area contributed by atoms with Crippen LogP contribution in [0.15, 0.2) is 0 Å². The largest absolute Gasteiger partial charge is 0.316 e. The minimum absolute atomic E-state index is 0. The number of hydrogen-bond donors (Lipinski definition) is 0. The van der Waals surface area contributed by atoms with Crippen LogP contribution in [0, 0.1) is 0 Å². The maximum absolute atomic E-state index is 2.18. The molecule has 40 valence electrons. The van der Waals surface area contributed by atoms with Crippen LogP contribution in [0.2, 0.25) is 4.05 Å². The van der Waals surface area contributed by atoms with E-state index >= 15 is 0 Å². The molecular weight excluding hydrogens is 200 g/mol. The van der Waals surface area contributed by atoms with Crippen LogP contribution in [0.4, 0.5) is 0 Å². The van der Waals surface area contributed by atoms with Gasteiger partial charge in [0.15, 0.2) is 0 Å². The van der Waals surface area contributed by atoms with Crippen molar-refractivity contribution in [2.45, 2.75) is 17.9 Å². The van der Waals surface area contributed by atoms with Gasteiger partial charge in [0.2, 0.25) is 0 Å². The topological polar surface area (TPSA) is 0 Å². The van der Waals surface area contributed by atoms with Gasteiger partial charge in [0.05, 0.1) is 0 Å². The summed E-state index contributed by atoms with van der Waals surface area (Å²) in [6.07, 6.45) is 0. The molecule has 0 heterocycles. The Kier molecular flexibility index (Phi) is 51.3. The predicted octanol–water partition coefficient (Wildman–Crippen LogP) is 1.07. The number of halogens is 2. The van der Waals surface area contributed by atoms with Crippen LogP contribution in [0.5, 0.6) is 0 Å². The number of rotatable bonds is 0. The Hall–Kier alpha value is 2.30. The normalized spacial score (nSPS) is 5.29. The van der Waals surface area contributed by atoms with E-state index in [0.717, 1.165) is 4.05 Å². The third-order valence-corrected chi connectivity index (χ3v) is 0. The van der Waals surface area contributed by atoms with Crippen LogP contribution in [-0.4, -0.2) is 44.8 Å². The van der Waals surface area contributed by atoms with Crippen molar-refractivity contribution in [1.82, 2.24) is 0 Å². The summed E-state index contributed by atoms with van der Waals surface area (Å²) < 4.78 is 0.861. The van der Waals surface area contributed by atoms with Crippen molar-refractivity contribution in [3.8, 4) is 0 Å². The van der Waals surface area contributed by atoms with E-state index in [-0.39, 0.29) is 52.4 Å². The van der Waals surface area contributed by atoms with E-state index in [9.17, 15) is 0 Å². The molecule has 0 nitrogen and oxygen atoms in total.